The van der Waals surface area contributed by atoms with E-state index in [9.17, 15) is 0 Å². The van der Waals surface area contributed by atoms with E-state index in [1.807, 2.05) is 0 Å². The minimum Gasteiger partial charge on any atom is -0.236 e. The van der Waals surface area contributed by atoms with E-state index in [0.717, 1.165) is 17.6 Å². The van der Waals surface area contributed by atoms with Gasteiger partial charge in [0.15, 0.2) is 0 Å². The largest absolute Gasteiger partial charge is 0.236 e. The molecule has 0 N–H and O–H groups in total. The van der Waals surface area contributed by atoms with Crippen molar-refractivity contribution in [3.05, 3.63) is 59.9 Å². The van der Waals surface area contributed by atoms with E-state index in [1.165, 1.54) is 22.1 Å². The molecule has 80 valence electrons. The molecule has 2 aromatic carbocycles. The second kappa shape index (κ2) is 3.14. The third-order valence-electron chi connectivity index (χ3n) is 3.40. The highest BCUT2D eigenvalue weighted by Crippen LogP contribution is 2.36. The quantitative estimate of drug-likeness (QED) is 0.453. The molecule has 2 heteroatoms. The van der Waals surface area contributed by atoms with Crippen LogP contribution < -0.4 is 0 Å². The molecule has 1 heterocycles. The summed E-state index contributed by atoms with van der Waals surface area (Å²) < 4.78 is 0. The van der Waals surface area contributed by atoms with Gasteiger partial charge in [-0.2, -0.15) is 0 Å². The first kappa shape index (κ1) is 8.88. The van der Waals surface area contributed by atoms with E-state index in [2.05, 4.69) is 52.4 Å². The van der Waals surface area contributed by atoms with Crippen LogP contribution in [0.3, 0.4) is 0 Å². The van der Waals surface area contributed by atoms with Gasteiger partial charge < -0.3 is 0 Å². The number of benzene rings is 2. The monoisotopic (exact) mass is 218 g/mol. The summed E-state index contributed by atoms with van der Waals surface area (Å²) in [5, 5.41) is 1.22. The van der Waals surface area contributed by atoms with E-state index in [4.69, 9.17) is 0 Å². The molecule has 0 spiro atoms. The average Bonchev–Trinajstić information content (AvgIpc) is 2.39. The first-order chi connectivity index (χ1) is 8.43. The van der Waals surface area contributed by atoms with Gasteiger partial charge in [-0.05, 0) is 23.6 Å². The summed E-state index contributed by atoms with van der Waals surface area (Å²) in [5.74, 6) is 0. The zero-order valence-electron chi connectivity index (χ0n) is 9.22. The van der Waals surface area contributed by atoms with Gasteiger partial charge in [-0.25, -0.2) is 9.97 Å². The Morgan fingerprint density at radius 1 is 0.824 bits per heavy atom. The van der Waals surface area contributed by atoms with Gasteiger partial charge >= 0.3 is 0 Å². The molecule has 0 saturated heterocycles. The van der Waals surface area contributed by atoms with Gasteiger partial charge in [-0.1, -0.05) is 36.4 Å². The van der Waals surface area contributed by atoms with Gasteiger partial charge in [0.25, 0.3) is 0 Å². The minimum atomic E-state index is 0.980. The lowest BCUT2D eigenvalue weighted by Crippen LogP contribution is -2.03. The molecule has 1 aliphatic carbocycles. The predicted molar refractivity (Wildman–Crippen MR) is 67.8 cm³/mol. The number of hydrogen-bond donors (Lipinski definition) is 0. The molecule has 0 amide bonds. The lowest BCUT2D eigenvalue weighted by Gasteiger charge is -2.18. The summed E-state index contributed by atoms with van der Waals surface area (Å²) in [5.41, 5.74) is 6.05. The molecular weight excluding hydrogens is 208 g/mol. The zero-order chi connectivity index (χ0) is 11.2. The topological polar surface area (TPSA) is 25.8 Å². The Morgan fingerprint density at radius 3 is 2.71 bits per heavy atom. The summed E-state index contributed by atoms with van der Waals surface area (Å²) in [6.45, 7) is 0. The minimum absolute atomic E-state index is 0.980. The predicted octanol–water partition coefficient (Wildman–Crippen LogP) is 3.20. The van der Waals surface area contributed by atoms with Crippen molar-refractivity contribution in [1.82, 2.24) is 9.97 Å². The Morgan fingerprint density at radius 2 is 1.71 bits per heavy atom. The maximum atomic E-state index is 4.47. The Labute approximate surface area is 99.0 Å². The standard InChI is InChI=1S/C15H10N2/c1-2-6-12-10(4-1)8-11-5-3-7-13-14(11)15(12)17-9-16-13/h1-7,9H,8H2. The molecular formula is C15H10N2. The fourth-order valence-electron chi connectivity index (χ4n) is 2.64. The first-order valence-electron chi connectivity index (χ1n) is 5.74. The van der Waals surface area contributed by atoms with Crippen molar-refractivity contribution in [2.45, 2.75) is 6.42 Å². The molecule has 0 aliphatic heterocycles. The van der Waals surface area contributed by atoms with Gasteiger partial charge in [0.1, 0.15) is 6.33 Å². The summed E-state index contributed by atoms with van der Waals surface area (Å²) in [4.78, 5) is 8.81. The van der Waals surface area contributed by atoms with Crippen LogP contribution in [0.5, 0.6) is 0 Å². The van der Waals surface area contributed by atoms with Crippen molar-refractivity contribution in [3.63, 3.8) is 0 Å². The number of aromatic nitrogens is 2. The number of fused-ring (bicyclic) bond motifs is 2. The fourth-order valence-corrected chi connectivity index (χ4v) is 2.64. The Bertz CT molecular complexity index is 727. The van der Waals surface area contributed by atoms with Crippen LogP contribution in [-0.2, 0) is 6.42 Å². The van der Waals surface area contributed by atoms with Gasteiger partial charge in [0.2, 0.25) is 0 Å². The maximum absolute atomic E-state index is 4.47. The molecule has 17 heavy (non-hydrogen) atoms. The average molecular weight is 218 g/mol. The van der Waals surface area contributed by atoms with Crippen molar-refractivity contribution in [2.24, 2.45) is 0 Å². The fraction of sp³-hybridized carbons (Fsp3) is 0.0667. The summed E-state index contributed by atoms with van der Waals surface area (Å²) in [7, 11) is 0. The Hall–Kier alpha value is -2.22. The number of rotatable bonds is 0. The van der Waals surface area contributed by atoms with E-state index in [1.54, 1.807) is 6.33 Å². The van der Waals surface area contributed by atoms with Gasteiger partial charge in [0.05, 0.1) is 11.2 Å². The second-order valence-electron chi connectivity index (χ2n) is 4.37. The van der Waals surface area contributed by atoms with Gasteiger partial charge in [-0.3, -0.25) is 0 Å². The normalized spacial score (nSPS) is 12.5. The van der Waals surface area contributed by atoms with E-state index < -0.39 is 0 Å². The van der Waals surface area contributed by atoms with Crippen LogP contribution >= 0.6 is 0 Å². The molecule has 0 radical (unpaired) electrons. The van der Waals surface area contributed by atoms with Crippen molar-refractivity contribution in [3.8, 4) is 11.3 Å². The summed E-state index contributed by atoms with van der Waals surface area (Å²) in [6, 6.07) is 14.8. The van der Waals surface area contributed by atoms with Gasteiger partial charge in [-0.15, -0.1) is 0 Å². The highest BCUT2D eigenvalue weighted by molar-refractivity contribution is 5.97. The molecule has 0 bridgehead atoms. The van der Waals surface area contributed by atoms with Crippen LogP contribution in [0.1, 0.15) is 11.1 Å². The highest BCUT2D eigenvalue weighted by Gasteiger charge is 2.18. The van der Waals surface area contributed by atoms with Crippen molar-refractivity contribution in [1.29, 1.82) is 0 Å². The lowest BCUT2D eigenvalue weighted by atomic mass is 9.88. The molecule has 3 aromatic rings. The van der Waals surface area contributed by atoms with Gasteiger partial charge in [0, 0.05) is 10.9 Å². The van der Waals surface area contributed by atoms with Crippen molar-refractivity contribution < 1.29 is 0 Å². The van der Waals surface area contributed by atoms with Crippen LogP contribution in [0.4, 0.5) is 0 Å². The lowest BCUT2D eigenvalue weighted by molar-refractivity contribution is 1.14. The van der Waals surface area contributed by atoms with Crippen LogP contribution in [0.15, 0.2) is 48.8 Å². The van der Waals surface area contributed by atoms with Crippen molar-refractivity contribution >= 4 is 10.9 Å². The number of nitrogens with zero attached hydrogens (tertiary/aromatic N) is 2. The van der Waals surface area contributed by atoms with E-state index in [0.29, 0.717) is 0 Å². The molecule has 0 atom stereocenters. The molecule has 0 fully saturated rings. The van der Waals surface area contributed by atoms with E-state index >= 15 is 0 Å². The molecule has 2 nitrogen and oxygen atoms in total. The van der Waals surface area contributed by atoms with Crippen LogP contribution in [0.25, 0.3) is 22.2 Å². The third-order valence-corrected chi connectivity index (χ3v) is 3.40. The summed E-state index contributed by atoms with van der Waals surface area (Å²) in [6.07, 6.45) is 2.64. The summed E-state index contributed by atoms with van der Waals surface area (Å²) >= 11 is 0. The highest BCUT2D eigenvalue weighted by atomic mass is 14.8. The number of hydrogen-bond acceptors (Lipinski definition) is 2. The Balaban J connectivity index is 2.22. The smallest absolute Gasteiger partial charge is 0.116 e. The SMILES string of the molecule is c1ccc2c(c1)Cc1cccc3ncnc-2c13. The van der Waals surface area contributed by atoms with Crippen molar-refractivity contribution in [2.75, 3.05) is 0 Å². The van der Waals surface area contributed by atoms with E-state index in [-0.39, 0.29) is 0 Å². The van der Waals surface area contributed by atoms with Crippen LogP contribution in [-0.4, -0.2) is 9.97 Å². The molecule has 4 rings (SSSR count). The molecule has 0 unspecified atom stereocenters. The second-order valence-corrected chi connectivity index (χ2v) is 4.37. The zero-order valence-corrected chi connectivity index (χ0v) is 9.22. The molecule has 1 aliphatic rings. The molecule has 1 aromatic heterocycles. The molecule has 0 saturated carbocycles. The first-order valence-corrected chi connectivity index (χ1v) is 5.74. The maximum Gasteiger partial charge on any atom is 0.116 e. The van der Waals surface area contributed by atoms with Crippen LogP contribution in [0.2, 0.25) is 0 Å². The third kappa shape index (κ3) is 1.15. The van der Waals surface area contributed by atoms with Crippen LogP contribution in [0, 0.1) is 0 Å². The Kier molecular flexibility index (Phi) is 1.64.